The fourth-order valence-corrected chi connectivity index (χ4v) is 6.97. The summed E-state index contributed by atoms with van der Waals surface area (Å²) in [4.78, 5) is 10.2. The lowest BCUT2D eigenvalue weighted by Crippen LogP contribution is -2.20. The lowest BCUT2D eigenvalue weighted by molar-refractivity contribution is 0.207. The van der Waals surface area contributed by atoms with Gasteiger partial charge < -0.3 is 5.11 Å². The number of aliphatic hydroxyl groups is 1. The molecule has 0 radical (unpaired) electrons. The highest BCUT2D eigenvalue weighted by molar-refractivity contribution is 8.02. The van der Waals surface area contributed by atoms with Gasteiger partial charge in [-0.1, -0.05) is 36.0 Å². The maximum atomic E-state index is 11.8. The van der Waals surface area contributed by atoms with Crippen LogP contribution in [-0.2, 0) is 9.84 Å². The smallest absolute Gasteiger partial charge is 0.171 e. The molecule has 1 fully saturated rings. The molecule has 0 spiro atoms. The Morgan fingerprint density at radius 3 is 2.67 bits per heavy atom. The van der Waals surface area contributed by atoms with Gasteiger partial charge in [-0.2, -0.15) is 0 Å². The number of aromatic nitrogens is 2. The summed E-state index contributed by atoms with van der Waals surface area (Å²) < 4.78 is 23.5. The Kier molecular flexibility index (Phi) is 4.07. The number of fused-ring (bicyclic) bond motifs is 1. The molecule has 0 unspecified atom stereocenters. The minimum atomic E-state index is -3.18. The molecule has 0 bridgehead atoms. The van der Waals surface area contributed by atoms with Gasteiger partial charge in [-0.3, -0.25) is 0 Å². The number of thiophene rings is 1. The van der Waals surface area contributed by atoms with Crippen LogP contribution >= 0.6 is 23.1 Å². The topological polar surface area (TPSA) is 80.2 Å². The molecule has 0 saturated carbocycles. The molecule has 1 aromatic carbocycles. The van der Waals surface area contributed by atoms with E-state index in [1.165, 1.54) is 11.8 Å². The summed E-state index contributed by atoms with van der Waals surface area (Å²) in [6, 6.07) is 11.6. The average molecular weight is 379 g/mol. The highest BCUT2D eigenvalue weighted by Gasteiger charge is 2.37. The third-order valence-corrected chi connectivity index (χ3v) is 7.96. The standard InChI is InChI=1S/C16H14N2O3S3/c19-12-8-24(20,21)9-14(12)23-16-10-4-1-2-5-11(10)17-15(18-16)13-6-3-7-22-13/h1-7,12,14,19H,8-9H2/t12-,14+/m0/s1. The van der Waals surface area contributed by atoms with Crippen molar-refractivity contribution < 1.29 is 13.5 Å². The van der Waals surface area contributed by atoms with Gasteiger partial charge in [0.15, 0.2) is 15.7 Å². The third-order valence-electron chi connectivity index (χ3n) is 3.84. The first-order chi connectivity index (χ1) is 11.5. The van der Waals surface area contributed by atoms with E-state index in [1.54, 1.807) is 11.3 Å². The largest absolute Gasteiger partial charge is 0.391 e. The van der Waals surface area contributed by atoms with Crippen molar-refractivity contribution in [3.05, 3.63) is 41.8 Å². The minimum Gasteiger partial charge on any atom is -0.391 e. The van der Waals surface area contributed by atoms with E-state index in [0.717, 1.165) is 15.8 Å². The molecule has 1 N–H and O–H groups in total. The summed E-state index contributed by atoms with van der Waals surface area (Å²) in [7, 11) is -3.18. The number of aliphatic hydroxyl groups excluding tert-OH is 1. The normalized spacial score (nSPS) is 22.9. The zero-order chi connectivity index (χ0) is 16.7. The molecule has 2 atom stereocenters. The fourth-order valence-electron chi connectivity index (χ4n) is 2.71. The molecule has 1 aliphatic rings. The van der Waals surface area contributed by atoms with Gasteiger partial charge in [-0.05, 0) is 17.5 Å². The first-order valence-electron chi connectivity index (χ1n) is 7.38. The van der Waals surface area contributed by atoms with E-state index >= 15 is 0 Å². The highest BCUT2D eigenvalue weighted by atomic mass is 32.2. The molecule has 1 saturated heterocycles. The summed E-state index contributed by atoms with van der Waals surface area (Å²) in [6.07, 6.45) is -0.862. The van der Waals surface area contributed by atoms with Crippen LogP contribution in [0.3, 0.4) is 0 Å². The van der Waals surface area contributed by atoms with Crippen molar-refractivity contribution in [2.24, 2.45) is 0 Å². The van der Waals surface area contributed by atoms with Crippen LogP contribution in [0.1, 0.15) is 0 Å². The second-order valence-electron chi connectivity index (χ2n) is 5.65. The molecular formula is C16H14N2O3S3. The van der Waals surface area contributed by atoms with Crippen LogP contribution in [0, 0.1) is 0 Å². The van der Waals surface area contributed by atoms with E-state index in [1.807, 2.05) is 41.8 Å². The van der Waals surface area contributed by atoms with Gasteiger partial charge in [0.2, 0.25) is 0 Å². The summed E-state index contributed by atoms with van der Waals surface area (Å²) in [5.74, 6) is 0.429. The van der Waals surface area contributed by atoms with Gasteiger partial charge in [0.05, 0.1) is 33.3 Å². The Morgan fingerprint density at radius 1 is 1.12 bits per heavy atom. The lowest BCUT2D eigenvalue weighted by atomic mass is 10.2. The predicted octanol–water partition coefficient (Wildman–Crippen LogP) is 2.61. The molecule has 3 aromatic rings. The molecule has 124 valence electrons. The maximum absolute atomic E-state index is 11.8. The molecule has 2 aromatic heterocycles. The summed E-state index contributed by atoms with van der Waals surface area (Å²) in [5.41, 5.74) is 0.814. The molecule has 24 heavy (non-hydrogen) atoms. The molecule has 4 rings (SSSR count). The van der Waals surface area contributed by atoms with Gasteiger partial charge in [0.1, 0.15) is 5.03 Å². The van der Waals surface area contributed by atoms with Crippen molar-refractivity contribution in [1.29, 1.82) is 0 Å². The van der Waals surface area contributed by atoms with Crippen LogP contribution < -0.4 is 0 Å². The van der Waals surface area contributed by atoms with E-state index in [2.05, 4.69) is 9.97 Å². The predicted molar refractivity (Wildman–Crippen MR) is 97.2 cm³/mol. The van der Waals surface area contributed by atoms with Gasteiger partial charge in [0.25, 0.3) is 0 Å². The summed E-state index contributed by atoms with van der Waals surface area (Å²) in [6.45, 7) is 0. The van der Waals surface area contributed by atoms with E-state index < -0.39 is 21.2 Å². The van der Waals surface area contributed by atoms with Crippen molar-refractivity contribution >= 4 is 43.8 Å². The number of hydrogen-bond donors (Lipinski definition) is 1. The first-order valence-corrected chi connectivity index (χ1v) is 11.0. The second-order valence-corrected chi connectivity index (χ2v) is 9.98. The van der Waals surface area contributed by atoms with Crippen molar-refractivity contribution in [3.8, 4) is 10.7 Å². The molecule has 0 amide bonds. The quantitative estimate of drug-likeness (QED) is 0.706. The lowest BCUT2D eigenvalue weighted by Gasteiger charge is -2.13. The number of rotatable bonds is 3. The zero-order valence-corrected chi connectivity index (χ0v) is 14.9. The van der Waals surface area contributed by atoms with Crippen LogP contribution in [0.2, 0.25) is 0 Å². The average Bonchev–Trinajstić information content (AvgIpc) is 3.15. The Balaban J connectivity index is 1.79. The van der Waals surface area contributed by atoms with Crippen molar-refractivity contribution in [2.75, 3.05) is 11.5 Å². The van der Waals surface area contributed by atoms with Crippen LogP contribution in [-0.4, -0.2) is 46.4 Å². The van der Waals surface area contributed by atoms with Crippen molar-refractivity contribution in [3.63, 3.8) is 0 Å². The van der Waals surface area contributed by atoms with Gasteiger partial charge in [-0.25, -0.2) is 18.4 Å². The molecule has 8 heteroatoms. The highest BCUT2D eigenvalue weighted by Crippen LogP contribution is 2.35. The molecule has 0 aliphatic carbocycles. The number of benzene rings is 1. The van der Waals surface area contributed by atoms with Crippen LogP contribution in [0.5, 0.6) is 0 Å². The number of para-hydroxylation sites is 1. The third kappa shape index (κ3) is 3.06. The fraction of sp³-hybridized carbons (Fsp3) is 0.250. The Bertz CT molecular complexity index is 987. The maximum Gasteiger partial charge on any atom is 0.171 e. The Labute approximate surface area is 147 Å². The number of nitrogens with zero attached hydrogens (tertiary/aromatic N) is 2. The Hall–Kier alpha value is -1.48. The van der Waals surface area contributed by atoms with E-state index in [9.17, 15) is 13.5 Å². The van der Waals surface area contributed by atoms with E-state index in [-0.39, 0.29) is 11.5 Å². The Morgan fingerprint density at radius 2 is 1.96 bits per heavy atom. The van der Waals surface area contributed by atoms with Gasteiger partial charge in [-0.15, -0.1) is 11.3 Å². The summed E-state index contributed by atoms with van der Waals surface area (Å²) in [5, 5.41) is 13.2. The van der Waals surface area contributed by atoms with Crippen LogP contribution in [0.15, 0.2) is 46.8 Å². The number of sulfone groups is 1. The molecule has 5 nitrogen and oxygen atoms in total. The van der Waals surface area contributed by atoms with E-state index in [0.29, 0.717) is 10.9 Å². The number of thioether (sulfide) groups is 1. The monoisotopic (exact) mass is 378 g/mol. The SMILES string of the molecule is O=S1(=O)C[C@H](O)[C@H](Sc2nc(-c3cccs3)nc3ccccc23)C1. The number of hydrogen-bond acceptors (Lipinski definition) is 7. The van der Waals surface area contributed by atoms with Crippen molar-refractivity contribution in [2.45, 2.75) is 16.4 Å². The van der Waals surface area contributed by atoms with Crippen LogP contribution in [0.25, 0.3) is 21.6 Å². The minimum absolute atomic E-state index is 0.0223. The zero-order valence-electron chi connectivity index (χ0n) is 12.5. The van der Waals surface area contributed by atoms with E-state index in [4.69, 9.17) is 0 Å². The molecule has 3 heterocycles. The first kappa shape index (κ1) is 16.0. The second kappa shape index (κ2) is 6.11. The van der Waals surface area contributed by atoms with Crippen molar-refractivity contribution in [1.82, 2.24) is 9.97 Å². The molecule has 1 aliphatic heterocycles. The van der Waals surface area contributed by atoms with Gasteiger partial charge >= 0.3 is 0 Å². The van der Waals surface area contributed by atoms with Crippen LogP contribution in [0.4, 0.5) is 0 Å². The van der Waals surface area contributed by atoms with Gasteiger partial charge in [0, 0.05) is 5.39 Å². The summed E-state index contributed by atoms with van der Waals surface area (Å²) >= 11 is 2.88. The molecular weight excluding hydrogens is 364 g/mol.